The van der Waals surface area contributed by atoms with Crippen molar-refractivity contribution in [1.29, 1.82) is 0 Å². The number of hydrogen-bond donors (Lipinski definition) is 0. The monoisotopic (exact) mass is 190 g/mol. The van der Waals surface area contributed by atoms with Crippen LogP contribution in [0.2, 0.25) is 0 Å². The highest BCUT2D eigenvalue weighted by Crippen LogP contribution is 2.16. The summed E-state index contributed by atoms with van der Waals surface area (Å²) < 4.78 is 0. The first-order chi connectivity index (χ1) is 4.22. The normalized spacial score (nSPS) is 15.2. The van der Waals surface area contributed by atoms with Gasteiger partial charge in [-0.15, -0.1) is 0 Å². The van der Waals surface area contributed by atoms with Gasteiger partial charge in [-0.25, -0.2) is 0 Å². The molecule has 0 saturated carbocycles. The topological polar surface area (TPSA) is 0 Å². The Balaban J connectivity index is 3.68. The molecule has 0 aromatic heterocycles. The summed E-state index contributed by atoms with van der Waals surface area (Å²) in [6.45, 7) is 6.72. The van der Waals surface area contributed by atoms with E-state index < -0.39 is 0 Å². The second kappa shape index (κ2) is 5.04. The maximum absolute atomic E-state index is 3.28. The van der Waals surface area contributed by atoms with Crippen molar-refractivity contribution < 1.29 is 0 Å². The molecule has 9 heavy (non-hydrogen) atoms. The number of halogens is 1. The van der Waals surface area contributed by atoms with Crippen molar-refractivity contribution in [3.8, 4) is 0 Å². The van der Waals surface area contributed by atoms with Crippen LogP contribution in [0, 0.1) is 11.8 Å². The summed E-state index contributed by atoms with van der Waals surface area (Å²) in [7, 11) is 0. The number of allylic oxidation sites excluding steroid dienone is 1. The van der Waals surface area contributed by atoms with Crippen LogP contribution in [-0.4, -0.2) is 0 Å². The molecule has 0 amide bonds. The van der Waals surface area contributed by atoms with Crippen LogP contribution in [0.1, 0.15) is 27.2 Å². The molecule has 0 nitrogen and oxygen atoms in total. The molecule has 0 heterocycles. The van der Waals surface area contributed by atoms with Gasteiger partial charge in [0.1, 0.15) is 0 Å². The van der Waals surface area contributed by atoms with Crippen molar-refractivity contribution >= 4 is 15.9 Å². The van der Waals surface area contributed by atoms with E-state index in [1.165, 1.54) is 6.42 Å². The van der Waals surface area contributed by atoms with Crippen LogP contribution in [0.25, 0.3) is 0 Å². The molecular formula is C8H15Br. The smallest absolute Gasteiger partial charge is 0.0205 e. The molecule has 1 heteroatoms. The number of hydrogen-bond acceptors (Lipinski definition) is 0. The zero-order chi connectivity index (χ0) is 7.28. The molecule has 0 aliphatic heterocycles. The second-order valence-corrected chi connectivity index (χ2v) is 3.16. The Morgan fingerprint density at radius 1 is 1.44 bits per heavy atom. The molecule has 0 aliphatic rings. The van der Waals surface area contributed by atoms with Crippen LogP contribution in [-0.2, 0) is 0 Å². The van der Waals surface area contributed by atoms with Gasteiger partial charge in [-0.3, -0.25) is 0 Å². The van der Waals surface area contributed by atoms with Crippen molar-refractivity contribution in [2.24, 2.45) is 11.8 Å². The van der Waals surface area contributed by atoms with Crippen molar-refractivity contribution in [2.75, 3.05) is 0 Å². The fraction of sp³-hybridized carbons (Fsp3) is 0.750. The minimum Gasteiger partial charge on any atom is -0.0742 e. The van der Waals surface area contributed by atoms with Crippen molar-refractivity contribution in [3.63, 3.8) is 0 Å². The van der Waals surface area contributed by atoms with Gasteiger partial charge in [0.2, 0.25) is 0 Å². The maximum Gasteiger partial charge on any atom is -0.0205 e. The lowest BCUT2D eigenvalue weighted by Gasteiger charge is -2.12. The van der Waals surface area contributed by atoms with E-state index in [1.54, 1.807) is 0 Å². The quantitative estimate of drug-likeness (QED) is 0.639. The first-order valence-corrected chi connectivity index (χ1v) is 4.40. The third-order valence-corrected chi connectivity index (χ3v) is 1.95. The fourth-order valence-corrected chi connectivity index (χ4v) is 1.32. The molecule has 0 spiro atoms. The van der Waals surface area contributed by atoms with Crippen LogP contribution < -0.4 is 0 Å². The van der Waals surface area contributed by atoms with E-state index in [2.05, 4.69) is 42.8 Å². The summed E-state index contributed by atoms with van der Waals surface area (Å²) in [6, 6.07) is 0. The largest absolute Gasteiger partial charge is 0.0742 e. The van der Waals surface area contributed by atoms with Crippen LogP contribution >= 0.6 is 15.9 Å². The third kappa shape index (κ3) is 3.74. The molecule has 0 radical (unpaired) electrons. The van der Waals surface area contributed by atoms with Crippen molar-refractivity contribution in [1.82, 2.24) is 0 Å². The summed E-state index contributed by atoms with van der Waals surface area (Å²) in [5, 5.41) is 0. The van der Waals surface area contributed by atoms with E-state index in [9.17, 15) is 0 Å². The van der Waals surface area contributed by atoms with E-state index in [0.29, 0.717) is 0 Å². The minimum atomic E-state index is 0.740. The maximum atomic E-state index is 3.28. The predicted molar refractivity (Wildman–Crippen MR) is 46.7 cm³/mol. The predicted octanol–water partition coefficient (Wildman–Crippen LogP) is 3.58. The van der Waals surface area contributed by atoms with Gasteiger partial charge in [0.25, 0.3) is 0 Å². The summed E-state index contributed by atoms with van der Waals surface area (Å²) >= 11 is 3.28. The van der Waals surface area contributed by atoms with Crippen LogP contribution in [0.3, 0.4) is 0 Å². The molecule has 0 saturated heterocycles. The zero-order valence-electron chi connectivity index (χ0n) is 6.39. The molecule has 0 bridgehead atoms. The molecule has 0 aromatic carbocycles. The van der Waals surface area contributed by atoms with Crippen LogP contribution in [0.15, 0.2) is 11.1 Å². The molecule has 54 valence electrons. The van der Waals surface area contributed by atoms with Gasteiger partial charge >= 0.3 is 0 Å². The van der Waals surface area contributed by atoms with E-state index in [-0.39, 0.29) is 0 Å². The Morgan fingerprint density at radius 3 is 2.11 bits per heavy atom. The van der Waals surface area contributed by atoms with Crippen LogP contribution in [0.4, 0.5) is 0 Å². The lowest BCUT2D eigenvalue weighted by molar-refractivity contribution is 0.454. The molecule has 1 unspecified atom stereocenters. The van der Waals surface area contributed by atoms with E-state index in [0.717, 1.165) is 11.8 Å². The summed E-state index contributed by atoms with van der Waals surface area (Å²) in [5.41, 5.74) is 0. The van der Waals surface area contributed by atoms with Gasteiger partial charge in [0.15, 0.2) is 0 Å². The molecule has 0 fully saturated rings. The van der Waals surface area contributed by atoms with E-state index >= 15 is 0 Å². The lowest BCUT2D eigenvalue weighted by Crippen LogP contribution is -2.02. The molecule has 0 rings (SSSR count). The summed E-state index contributed by atoms with van der Waals surface area (Å²) in [5.74, 6) is 1.51. The highest BCUT2D eigenvalue weighted by molar-refractivity contribution is 9.11. The first-order valence-electron chi connectivity index (χ1n) is 3.49. The average Bonchev–Trinajstić information content (AvgIpc) is 1.82. The Bertz CT molecular complexity index is 84.6. The van der Waals surface area contributed by atoms with Gasteiger partial charge < -0.3 is 0 Å². The molecule has 0 aliphatic carbocycles. The third-order valence-electron chi connectivity index (χ3n) is 1.65. The molecular weight excluding hydrogens is 176 g/mol. The second-order valence-electron chi connectivity index (χ2n) is 2.63. The van der Waals surface area contributed by atoms with Gasteiger partial charge in [-0.2, -0.15) is 0 Å². The zero-order valence-corrected chi connectivity index (χ0v) is 7.98. The highest BCUT2D eigenvalue weighted by Gasteiger charge is 2.04. The standard InChI is InChI=1S/C8H15Br/c1-4-8(5-6-9)7(2)3/h5-8H,4H2,1-3H3. The SMILES string of the molecule is CCC(C=CBr)C(C)C. The fourth-order valence-electron chi connectivity index (χ4n) is 0.923. The van der Waals surface area contributed by atoms with Crippen molar-refractivity contribution in [3.05, 3.63) is 11.1 Å². The molecule has 0 aromatic rings. The molecule has 1 atom stereocenters. The van der Waals surface area contributed by atoms with Gasteiger partial charge in [-0.1, -0.05) is 42.8 Å². The Hall–Kier alpha value is 0.220. The highest BCUT2D eigenvalue weighted by atomic mass is 79.9. The first kappa shape index (κ1) is 9.22. The number of rotatable bonds is 3. The van der Waals surface area contributed by atoms with E-state index in [4.69, 9.17) is 0 Å². The lowest BCUT2D eigenvalue weighted by atomic mass is 9.94. The molecule has 0 N–H and O–H groups in total. The summed E-state index contributed by atoms with van der Waals surface area (Å²) in [6.07, 6.45) is 3.45. The average molecular weight is 191 g/mol. The van der Waals surface area contributed by atoms with Gasteiger partial charge in [0, 0.05) is 0 Å². The Kier molecular flexibility index (Phi) is 5.16. The summed E-state index contributed by atoms with van der Waals surface area (Å²) in [4.78, 5) is 1.96. The van der Waals surface area contributed by atoms with Gasteiger partial charge in [0.05, 0.1) is 0 Å². The Labute approximate surface area is 66.5 Å². The minimum absolute atomic E-state index is 0.740. The van der Waals surface area contributed by atoms with Gasteiger partial charge in [-0.05, 0) is 23.2 Å². The van der Waals surface area contributed by atoms with Crippen LogP contribution in [0.5, 0.6) is 0 Å². The Morgan fingerprint density at radius 2 is 2.00 bits per heavy atom. The van der Waals surface area contributed by atoms with Crippen molar-refractivity contribution in [2.45, 2.75) is 27.2 Å². The van der Waals surface area contributed by atoms with E-state index in [1.807, 2.05) is 4.99 Å².